The maximum atomic E-state index is 12.2. The molecule has 7 heteroatoms. The SMILES string of the molecule is Cn1c(=O)c2c(ncn2CCCCCCN)n(C)c1=O. The second-order valence-corrected chi connectivity index (χ2v) is 5.02. The molecular formula is C13H21N5O2. The Labute approximate surface area is 116 Å². The highest BCUT2D eigenvalue weighted by molar-refractivity contribution is 5.69. The number of unbranched alkanes of at least 4 members (excludes halogenated alkanes) is 3. The minimum Gasteiger partial charge on any atom is -0.330 e. The molecule has 2 aromatic heterocycles. The first-order chi connectivity index (χ1) is 9.57. The molecule has 110 valence electrons. The van der Waals surface area contributed by atoms with Crippen molar-refractivity contribution in [2.75, 3.05) is 6.54 Å². The molecule has 0 aliphatic carbocycles. The lowest BCUT2D eigenvalue weighted by atomic mass is 10.2. The summed E-state index contributed by atoms with van der Waals surface area (Å²) in [4.78, 5) is 28.2. The molecule has 0 saturated heterocycles. The van der Waals surface area contributed by atoms with Crippen molar-refractivity contribution >= 4 is 11.2 Å². The maximum absolute atomic E-state index is 12.2. The summed E-state index contributed by atoms with van der Waals surface area (Å²) < 4.78 is 4.36. The molecule has 0 saturated carbocycles. The van der Waals surface area contributed by atoms with E-state index in [1.807, 2.05) is 4.57 Å². The van der Waals surface area contributed by atoms with Crippen LogP contribution in [-0.4, -0.2) is 25.2 Å². The van der Waals surface area contributed by atoms with E-state index >= 15 is 0 Å². The van der Waals surface area contributed by atoms with Gasteiger partial charge in [-0.25, -0.2) is 9.78 Å². The molecule has 0 aliphatic heterocycles. The normalized spacial score (nSPS) is 11.3. The van der Waals surface area contributed by atoms with E-state index in [2.05, 4.69) is 4.98 Å². The van der Waals surface area contributed by atoms with Crippen LogP contribution in [0.1, 0.15) is 25.7 Å². The molecular weight excluding hydrogens is 258 g/mol. The van der Waals surface area contributed by atoms with E-state index in [0.717, 1.165) is 43.3 Å². The quantitative estimate of drug-likeness (QED) is 0.751. The van der Waals surface area contributed by atoms with Crippen LogP contribution in [0.5, 0.6) is 0 Å². The zero-order valence-electron chi connectivity index (χ0n) is 12.0. The fourth-order valence-electron chi connectivity index (χ4n) is 2.35. The van der Waals surface area contributed by atoms with Crippen LogP contribution in [0, 0.1) is 0 Å². The highest BCUT2D eigenvalue weighted by atomic mass is 16.2. The lowest BCUT2D eigenvalue weighted by molar-refractivity contribution is 0.580. The number of aromatic nitrogens is 4. The first kappa shape index (κ1) is 14.5. The van der Waals surface area contributed by atoms with Gasteiger partial charge >= 0.3 is 5.69 Å². The van der Waals surface area contributed by atoms with Gasteiger partial charge in [-0.3, -0.25) is 13.9 Å². The third kappa shape index (κ3) is 2.53. The number of rotatable bonds is 6. The Bertz CT molecular complexity index is 710. The minimum atomic E-state index is -0.351. The second kappa shape index (κ2) is 6.04. The molecule has 2 heterocycles. The van der Waals surface area contributed by atoms with E-state index in [4.69, 9.17) is 5.73 Å². The number of nitrogens with two attached hydrogens (primary N) is 1. The summed E-state index contributed by atoms with van der Waals surface area (Å²) in [6.07, 6.45) is 5.80. The molecule has 0 aliphatic rings. The van der Waals surface area contributed by atoms with Crippen LogP contribution in [0.25, 0.3) is 11.2 Å². The Morgan fingerprint density at radius 3 is 2.50 bits per heavy atom. The zero-order chi connectivity index (χ0) is 14.7. The third-order valence-electron chi connectivity index (χ3n) is 3.57. The smallest absolute Gasteiger partial charge is 0.330 e. The van der Waals surface area contributed by atoms with E-state index in [1.165, 1.54) is 11.6 Å². The maximum Gasteiger partial charge on any atom is 0.332 e. The van der Waals surface area contributed by atoms with Gasteiger partial charge in [-0.2, -0.15) is 0 Å². The molecule has 0 aromatic carbocycles. The van der Waals surface area contributed by atoms with Crippen LogP contribution in [0.3, 0.4) is 0 Å². The topological polar surface area (TPSA) is 87.8 Å². The third-order valence-corrected chi connectivity index (χ3v) is 3.57. The minimum absolute atomic E-state index is 0.289. The summed E-state index contributed by atoms with van der Waals surface area (Å²) >= 11 is 0. The predicted octanol–water partition coefficient (Wildman–Crippen LogP) is -0.0472. The number of hydrogen-bond donors (Lipinski definition) is 1. The standard InChI is InChI=1S/C13H21N5O2/c1-16-11-10(12(19)17(2)13(16)20)18(9-15-11)8-6-4-3-5-7-14/h9H,3-8,14H2,1-2H3. The summed E-state index contributed by atoms with van der Waals surface area (Å²) in [5.41, 5.74) is 5.75. The molecule has 2 aromatic rings. The highest BCUT2D eigenvalue weighted by Gasteiger charge is 2.13. The highest BCUT2D eigenvalue weighted by Crippen LogP contribution is 2.08. The van der Waals surface area contributed by atoms with Gasteiger partial charge in [0.25, 0.3) is 5.56 Å². The van der Waals surface area contributed by atoms with Gasteiger partial charge in [-0.1, -0.05) is 12.8 Å². The van der Waals surface area contributed by atoms with Gasteiger partial charge in [0.1, 0.15) is 0 Å². The molecule has 0 bridgehead atoms. The van der Waals surface area contributed by atoms with Gasteiger partial charge in [-0.05, 0) is 19.4 Å². The fraction of sp³-hybridized carbons (Fsp3) is 0.615. The van der Waals surface area contributed by atoms with Crippen molar-refractivity contribution in [3.63, 3.8) is 0 Å². The lowest BCUT2D eigenvalue weighted by Gasteiger charge is -2.06. The van der Waals surface area contributed by atoms with Gasteiger partial charge < -0.3 is 10.3 Å². The van der Waals surface area contributed by atoms with Crippen LogP contribution in [0.4, 0.5) is 0 Å². The molecule has 0 unspecified atom stereocenters. The molecule has 2 rings (SSSR count). The zero-order valence-corrected chi connectivity index (χ0v) is 12.0. The van der Waals surface area contributed by atoms with E-state index in [0.29, 0.717) is 11.2 Å². The predicted molar refractivity (Wildman–Crippen MR) is 77.7 cm³/mol. The molecule has 0 atom stereocenters. The lowest BCUT2D eigenvalue weighted by Crippen LogP contribution is -2.37. The van der Waals surface area contributed by atoms with Crippen molar-refractivity contribution in [1.82, 2.24) is 18.7 Å². The summed E-state index contributed by atoms with van der Waals surface area (Å²) in [5.74, 6) is 0. The largest absolute Gasteiger partial charge is 0.332 e. The van der Waals surface area contributed by atoms with Crippen molar-refractivity contribution in [1.29, 1.82) is 0 Å². The average molecular weight is 279 g/mol. The van der Waals surface area contributed by atoms with Crippen molar-refractivity contribution in [2.45, 2.75) is 32.2 Å². The van der Waals surface area contributed by atoms with Gasteiger partial charge in [0.15, 0.2) is 11.2 Å². The van der Waals surface area contributed by atoms with Crippen LogP contribution in [0.15, 0.2) is 15.9 Å². The van der Waals surface area contributed by atoms with E-state index in [1.54, 1.807) is 13.4 Å². The van der Waals surface area contributed by atoms with Crippen molar-refractivity contribution in [3.05, 3.63) is 27.2 Å². The Balaban J connectivity index is 2.28. The number of nitrogens with zero attached hydrogens (tertiary/aromatic N) is 4. The Morgan fingerprint density at radius 1 is 1.10 bits per heavy atom. The number of hydrogen-bond acceptors (Lipinski definition) is 4. The number of aryl methyl sites for hydroxylation is 2. The van der Waals surface area contributed by atoms with Gasteiger partial charge in [0.2, 0.25) is 0 Å². The van der Waals surface area contributed by atoms with Crippen LogP contribution in [0.2, 0.25) is 0 Å². The van der Waals surface area contributed by atoms with Crippen LogP contribution >= 0.6 is 0 Å². The van der Waals surface area contributed by atoms with Crippen molar-refractivity contribution in [2.24, 2.45) is 19.8 Å². The van der Waals surface area contributed by atoms with Gasteiger partial charge in [0, 0.05) is 20.6 Å². The molecule has 2 N–H and O–H groups in total. The van der Waals surface area contributed by atoms with E-state index in [9.17, 15) is 9.59 Å². The molecule has 0 fully saturated rings. The molecule has 0 spiro atoms. The molecule has 20 heavy (non-hydrogen) atoms. The summed E-state index contributed by atoms with van der Waals surface area (Å²) in [6.45, 7) is 1.45. The number of imidazole rings is 1. The first-order valence-corrected chi connectivity index (χ1v) is 6.89. The summed E-state index contributed by atoms with van der Waals surface area (Å²) in [7, 11) is 3.12. The molecule has 0 amide bonds. The Hall–Kier alpha value is -1.89. The van der Waals surface area contributed by atoms with Crippen LogP contribution in [-0.2, 0) is 20.6 Å². The fourth-order valence-corrected chi connectivity index (χ4v) is 2.35. The van der Waals surface area contributed by atoms with E-state index < -0.39 is 0 Å². The Kier molecular flexibility index (Phi) is 4.39. The van der Waals surface area contributed by atoms with Gasteiger partial charge in [-0.15, -0.1) is 0 Å². The van der Waals surface area contributed by atoms with Crippen molar-refractivity contribution in [3.8, 4) is 0 Å². The molecule has 0 radical (unpaired) electrons. The first-order valence-electron chi connectivity index (χ1n) is 6.89. The number of fused-ring (bicyclic) bond motifs is 1. The Morgan fingerprint density at radius 2 is 1.80 bits per heavy atom. The van der Waals surface area contributed by atoms with Crippen molar-refractivity contribution < 1.29 is 0 Å². The average Bonchev–Trinajstić information content (AvgIpc) is 2.86. The van der Waals surface area contributed by atoms with Crippen LogP contribution < -0.4 is 17.0 Å². The summed E-state index contributed by atoms with van der Waals surface area (Å²) in [5, 5.41) is 0. The second-order valence-electron chi connectivity index (χ2n) is 5.02. The molecule has 7 nitrogen and oxygen atoms in total. The van der Waals surface area contributed by atoms with Gasteiger partial charge in [0.05, 0.1) is 6.33 Å². The van der Waals surface area contributed by atoms with E-state index in [-0.39, 0.29) is 11.2 Å². The summed E-state index contributed by atoms with van der Waals surface area (Å²) in [6, 6.07) is 0. The monoisotopic (exact) mass is 279 g/mol.